The Bertz CT molecular complexity index is 887. The van der Waals surface area contributed by atoms with Crippen molar-refractivity contribution < 1.29 is 4.74 Å². The largest absolute Gasteiger partial charge is 0.494 e. The molecular formula is C18H15N3O. The molecule has 22 heavy (non-hydrogen) atoms. The molecule has 0 aliphatic heterocycles. The molecule has 4 nitrogen and oxygen atoms in total. The second-order valence-corrected chi connectivity index (χ2v) is 4.80. The minimum absolute atomic E-state index is 0.571. The Morgan fingerprint density at radius 1 is 1.36 bits per heavy atom. The summed E-state index contributed by atoms with van der Waals surface area (Å²) in [6.07, 6.45) is 3.52. The molecule has 0 aliphatic rings. The summed E-state index contributed by atoms with van der Waals surface area (Å²) in [5.41, 5.74) is 2.46. The van der Waals surface area contributed by atoms with Crippen molar-refractivity contribution in [2.24, 2.45) is 0 Å². The molecule has 0 spiro atoms. The van der Waals surface area contributed by atoms with Gasteiger partial charge in [0.2, 0.25) is 0 Å². The number of nitrogens with zero attached hydrogens (tertiary/aromatic N) is 3. The normalized spacial score (nSPS) is 10.4. The van der Waals surface area contributed by atoms with Gasteiger partial charge in [-0.15, -0.1) is 0 Å². The van der Waals surface area contributed by atoms with E-state index in [-0.39, 0.29) is 0 Å². The molecule has 3 rings (SSSR count). The number of rotatable bonds is 4. The smallest absolute Gasteiger partial charge is 0.137 e. The molecule has 0 N–H and O–H groups in total. The Morgan fingerprint density at radius 3 is 2.95 bits per heavy atom. The standard InChI is InChI=1S/C18H15N3O/c1-3-22-13(2)14-8-9-20-18(10-14)21-12-15(11-19)16-6-4-5-7-17(16)21/h4-10,12H,2-3H2,1H3. The van der Waals surface area contributed by atoms with Crippen molar-refractivity contribution in [3.8, 4) is 11.9 Å². The van der Waals surface area contributed by atoms with Gasteiger partial charge < -0.3 is 4.74 Å². The predicted octanol–water partition coefficient (Wildman–Crippen LogP) is 3.90. The first kappa shape index (κ1) is 13.9. The number of ether oxygens (including phenoxy) is 1. The number of pyridine rings is 1. The van der Waals surface area contributed by atoms with Gasteiger partial charge in [-0.2, -0.15) is 5.26 Å². The summed E-state index contributed by atoms with van der Waals surface area (Å²) < 4.78 is 7.36. The third-order valence-corrected chi connectivity index (χ3v) is 3.47. The maximum Gasteiger partial charge on any atom is 0.137 e. The molecule has 0 aliphatic carbocycles. The van der Waals surface area contributed by atoms with Crippen LogP contribution in [0.1, 0.15) is 18.1 Å². The van der Waals surface area contributed by atoms with Crippen molar-refractivity contribution in [3.63, 3.8) is 0 Å². The minimum Gasteiger partial charge on any atom is -0.494 e. The van der Waals surface area contributed by atoms with E-state index in [0.29, 0.717) is 17.9 Å². The molecule has 2 heterocycles. The fourth-order valence-corrected chi connectivity index (χ4v) is 2.44. The highest BCUT2D eigenvalue weighted by Gasteiger charge is 2.11. The van der Waals surface area contributed by atoms with Crippen molar-refractivity contribution in [1.29, 1.82) is 5.26 Å². The third kappa shape index (κ3) is 2.33. The molecule has 0 saturated carbocycles. The highest BCUT2D eigenvalue weighted by atomic mass is 16.5. The summed E-state index contributed by atoms with van der Waals surface area (Å²) in [6.45, 7) is 6.42. The number of nitriles is 1. The summed E-state index contributed by atoms with van der Waals surface area (Å²) in [6, 6.07) is 13.8. The zero-order chi connectivity index (χ0) is 15.5. The van der Waals surface area contributed by atoms with Crippen LogP contribution in [0.5, 0.6) is 0 Å². The molecule has 1 aromatic carbocycles. The topological polar surface area (TPSA) is 50.8 Å². The Kier molecular flexibility index (Phi) is 3.63. The number of aromatic nitrogens is 2. The highest BCUT2D eigenvalue weighted by Crippen LogP contribution is 2.24. The van der Waals surface area contributed by atoms with Gasteiger partial charge in [0.1, 0.15) is 17.6 Å². The summed E-state index contributed by atoms with van der Waals surface area (Å²) in [5.74, 6) is 1.35. The molecule has 0 fully saturated rings. The van der Waals surface area contributed by atoms with Gasteiger partial charge >= 0.3 is 0 Å². The van der Waals surface area contributed by atoms with Gasteiger partial charge in [-0.3, -0.25) is 4.57 Å². The van der Waals surface area contributed by atoms with Gasteiger partial charge in [0.15, 0.2) is 0 Å². The molecule has 0 atom stereocenters. The quantitative estimate of drug-likeness (QED) is 0.684. The van der Waals surface area contributed by atoms with Gasteiger partial charge in [-0.25, -0.2) is 4.98 Å². The van der Waals surface area contributed by atoms with E-state index in [0.717, 1.165) is 22.3 Å². The van der Waals surface area contributed by atoms with Crippen LogP contribution in [0.4, 0.5) is 0 Å². The molecule has 0 unspecified atom stereocenters. The Hall–Kier alpha value is -3.06. The fourth-order valence-electron chi connectivity index (χ4n) is 2.44. The maximum atomic E-state index is 9.29. The van der Waals surface area contributed by atoms with Crippen molar-refractivity contribution in [2.45, 2.75) is 6.92 Å². The first-order valence-corrected chi connectivity index (χ1v) is 7.03. The molecule has 3 aromatic rings. The first-order valence-electron chi connectivity index (χ1n) is 7.03. The maximum absolute atomic E-state index is 9.29. The number of hydrogen-bond donors (Lipinski definition) is 0. The molecule has 108 valence electrons. The minimum atomic E-state index is 0.571. The zero-order valence-electron chi connectivity index (χ0n) is 12.3. The predicted molar refractivity (Wildman–Crippen MR) is 86.4 cm³/mol. The van der Waals surface area contributed by atoms with Crippen LogP contribution in [-0.4, -0.2) is 16.2 Å². The van der Waals surface area contributed by atoms with Crippen LogP contribution in [0.25, 0.3) is 22.5 Å². The van der Waals surface area contributed by atoms with Crippen LogP contribution in [0.3, 0.4) is 0 Å². The monoisotopic (exact) mass is 289 g/mol. The van der Waals surface area contributed by atoms with Crippen molar-refractivity contribution >= 4 is 16.7 Å². The van der Waals surface area contributed by atoms with Crippen LogP contribution in [0, 0.1) is 11.3 Å². The lowest BCUT2D eigenvalue weighted by Gasteiger charge is -2.09. The van der Waals surface area contributed by atoms with Crippen molar-refractivity contribution in [3.05, 3.63) is 66.5 Å². The Morgan fingerprint density at radius 2 is 2.18 bits per heavy atom. The zero-order valence-corrected chi connectivity index (χ0v) is 12.3. The average molecular weight is 289 g/mol. The summed E-state index contributed by atoms with van der Waals surface area (Å²) >= 11 is 0. The SMILES string of the molecule is C=C(OCC)c1ccnc(-n2cc(C#N)c3ccccc32)c1. The molecular weight excluding hydrogens is 274 g/mol. The lowest BCUT2D eigenvalue weighted by molar-refractivity contribution is 0.299. The molecule has 0 amide bonds. The fraction of sp³-hybridized carbons (Fsp3) is 0.111. The van der Waals surface area contributed by atoms with E-state index in [1.165, 1.54) is 0 Å². The summed E-state index contributed by atoms with van der Waals surface area (Å²) in [7, 11) is 0. The molecule has 0 saturated heterocycles. The number of para-hydroxylation sites is 1. The molecule has 0 bridgehead atoms. The van der Waals surface area contributed by atoms with E-state index in [4.69, 9.17) is 4.74 Å². The van der Waals surface area contributed by atoms with Crippen molar-refractivity contribution in [2.75, 3.05) is 6.61 Å². The number of benzene rings is 1. The van der Waals surface area contributed by atoms with Gasteiger partial charge in [0.05, 0.1) is 17.7 Å². The van der Waals surface area contributed by atoms with Crippen molar-refractivity contribution in [1.82, 2.24) is 9.55 Å². The van der Waals surface area contributed by atoms with Crippen LogP contribution in [-0.2, 0) is 4.74 Å². The summed E-state index contributed by atoms with van der Waals surface area (Å²) in [5, 5.41) is 10.2. The van der Waals surface area contributed by atoms with E-state index in [1.807, 2.05) is 47.9 Å². The lowest BCUT2D eigenvalue weighted by atomic mass is 10.2. The number of hydrogen-bond acceptors (Lipinski definition) is 3. The van der Waals surface area contributed by atoms with E-state index in [9.17, 15) is 5.26 Å². The van der Waals surface area contributed by atoms with Gasteiger partial charge in [-0.1, -0.05) is 24.8 Å². The number of fused-ring (bicyclic) bond motifs is 1. The molecule has 2 aromatic heterocycles. The van der Waals surface area contributed by atoms with Crippen LogP contribution in [0.2, 0.25) is 0 Å². The Balaban J connectivity index is 2.14. The van der Waals surface area contributed by atoms with E-state index >= 15 is 0 Å². The second kappa shape index (κ2) is 5.74. The van der Waals surface area contributed by atoms with E-state index in [2.05, 4.69) is 17.6 Å². The van der Waals surface area contributed by atoms with E-state index in [1.54, 1.807) is 12.4 Å². The first-order chi connectivity index (χ1) is 10.7. The highest BCUT2D eigenvalue weighted by molar-refractivity contribution is 5.87. The van der Waals surface area contributed by atoms with Crippen LogP contribution >= 0.6 is 0 Å². The van der Waals surface area contributed by atoms with Gasteiger partial charge in [0, 0.05) is 23.3 Å². The summed E-state index contributed by atoms with van der Waals surface area (Å²) in [4.78, 5) is 4.41. The average Bonchev–Trinajstić information content (AvgIpc) is 2.94. The molecule has 0 radical (unpaired) electrons. The van der Waals surface area contributed by atoms with Crippen LogP contribution in [0.15, 0.2) is 55.4 Å². The van der Waals surface area contributed by atoms with Crippen LogP contribution < -0.4 is 0 Å². The van der Waals surface area contributed by atoms with E-state index < -0.39 is 0 Å². The van der Waals surface area contributed by atoms with Gasteiger partial charge in [-0.05, 0) is 25.1 Å². The second-order valence-electron chi connectivity index (χ2n) is 4.80. The third-order valence-electron chi connectivity index (χ3n) is 3.47. The van der Waals surface area contributed by atoms with Gasteiger partial charge in [0.25, 0.3) is 0 Å². The Labute approximate surface area is 128 Å². The molecule has 4 heteroatoms. The lowest BCUT2D eigenvalue weighted by Crippen LogP contribution is -1.98.